The van der Waals surface area contributed by atoms with Crippen molar-refractivity contribution in [3.05, 3.63) is 0 Å². The summed E-state index contributed by atoms with van der Waals surface area (Å²) in [6.07, 6.45) is 10.3. The van der Waals surface area contributed by atoms with Crippen LogP contribution in [0.15, 0.2) is 0 Å². The molecular weight excluding hydrogens is 631 g/mol. The first-order valence-electron chi connectivity index (χ1n) is 17.3. The summed E-state index contributed by atoms with van der Waals surface area (Å²) in [7, 11) is -4.13. The number of rotatable bonds is 17. The number of Topliss-reactive ketones (excluding diaryl/α,β-unsaturated/α-hetero) is 1. The fourth-order valence-corrected chi connectivity index (χ4v) is 34.2. The van der Waals surface area contributed by atoms with Crippen molar-refractivity contribution >= 4 is 40.8 Å². The summed E-state index contributed by atoms with van der Waals surface area (Å²) < 4.78 is 19.8. The van der Waals surface area contributed by atoms with Crippen LogP contribution in [0.2, 0.25) is 52.0 Å². The molecule has 0 aromatic carbocycles. The van der Waals surface area contributed by atoms with Crippen molar-refractivity contribution in [1.29, 1.82) is 0 Å². The minimum absolute atomic E-state index is 0.0126. The van der Waals surface area contributed by atoms with Gasteiger partial charge in [0.25, 0.3) is 0 Å². The number of hydrogen-bond donors (Lipinski definition) is 0. The molecule has 0 amide bonds. The van der Waals surface area contributed by atoms with Gasteiger partial charge >= 0.3 is 260 Å². The fraction of sp³-hybridized carbons (Fsp3) is 0.971. The Labute approximate surface area is 258 Å². The topological polar surface area (TPSA) is 35.5 Å². The van der Waals surface area contributed by atoms with E-state index in [9.17, 15) is 4.79 Å². The third-order valence-corrected chi connectivity index (χ3v) is 39.4. The summed E-state index contributed by atoms with van der Waals surface area (Å²) >= 11 is -2.78. The van der Waals surface area contributed by atoms with E-state index < -0.39 is 35.0 Å². The van der Waals surface area contributed by atoms with Crippen LogP contribution in [0.4, 0.5) is 0 Å². The second kappa shape index (κ2) is 16.8. The minimum atomic E-state index is -2.78. The predicted molar refractivity (Wildman–Crippen MR) is 185 cm³/mol. The summed E-state index contributed by atoms with van der Waals surface area (Å²) in [6, 6.07) is 0. The van der Waals surface area contributed by atoms with E-state index in [1.807, 2.05) is 0 Å². The second-order valence-corrected chi connectivity index (χ2v) is 40.3. The molecule has 1 aliphatic carbocycles. The van der Waals surface area contributed by atoms with Gasteiger partial charge in [-0.3, -0.25) is 0 Å². The molecule has 0 spiro atoms. The van der Waals surface area contributed by atoms with Crippen LogP contribution in [0.3, 0.4) is 0 Å². The maximum absolute atomic E-state index is 14.0. The maximum atomic E-state index is 14.0. The van der Waals surface area contributed by atoms with Crippen LogP contribution in [0.25, 0.3) is 0 Å². The zero-order valence-corrected chi connectivity index (χ0v) is 34.5. The number of carbonyl (C=O) groups excluding carboxylic acids is 1. The zero-order valence-electron chi connectivity index (χ0n) is 29.7. The summed E-state index contributed by atoms with van der Waals surface area (Å²) in [5, 5.41) is 0.158. The summed E-state index contributed by atoms with van der Waals surface area (Å²) in [5.41, 5.74) is 1.58. The molecule has 1 fully saturated rings. The average Bonchev–Trinajstić information content (AvgIpc) is 2.98. The molecule has 0 saturated heterocycles. The van der Waals surface area contributed by atoms with Gasteiger partial charge < -0.3 is 0 Å². The van der Waals surface area contributed by atoms with Gasteiger partial charge in [0.15, 0.2) is 0 Å². The van der Waals surface area contributed by atoms with Crippen molar-refractivity contribution in [3.8, 4) is 0 Å². The molecule has 3 nitrogen and oxygen atoms in total. The Bertz CT molecular complexity index is 700. The Balaban J connectivity index is 3.74. The molecule has 0 aromatic rings. The Morgan fingerprint density at radius 3 is 1.55 bits per heavy atom. The van der Waals surface area contributed by atoms with E-state index >= 15 is 0 Å². The third kappa shape index (κ3) is 9.92. The first-order chi connectivity index (χ1) is 18.4. The fourth-order valence-electron chi connectivity index (χ4n) is 7.82. The van der Waals surface area contributed by atoms with Crippen molar-refractivity contribution in [1.82, 2.24) is 0 Å². The van der Waals surface area contributed by atoms with Gasteiger partial charge in [-0.1, -0.05) is 0 Å². The van der Waals surface area contributed by atoms with Crippen LogP contribution >= 0.6 is 0 Å². The van der Waals surface area contributed by atoms with Crippen LogP contribution in [0.1, 0.15) is 141 Å². The van der Waals surface area contributed by atoms with Crippen LogP contribution in [0.5, 0.6) is 0 Å². The van der Waals surface area contributed by atoms with Crippen molar-refractivity contribution < 1.29 is 13.6 Å². The van der Waals surface area contributed by atoms with E-state index in [0.717, 1.165) is 12.8 Å². The quantitative estimate of drug-likeness (QED) is 0.112. The van der Waals surface area contributed by atoms with Gasteiger partial charge in [-0.25, -0.2) is 0 Å². The molecule has 1 saturated carbocycles. The summed E-state index contributed by atoms with van der Waals surface area (Å²) in [5.74, 6) is 0.473. The summed E-state index contributed by atoms with van der Waals surface area (Å²) in [4.78, 5) is 14.0. The van der Waals surface area contributed by atoms with Gasteiger partial charge in [0.05, 0.1) is 0 Å². The van der Waals surface area contributed by atoms with Crippen molar-refractivity contribution in [2.45, 2.75) is 205 Å². The molecule has 0 aromatic heterocycles. The number of ketones is 1. The van der Waals surface area contributed by atoms with E-state index in [2.05, 4.69) is 96.2 Å². The summed E-state index contributed by atoms with van der Waals surface area (Å²) in [6.45, 7) is 33.3. The Morgan fingerprint density at radius 2 is 1.20 bits per heavy atom. The second-order valence-electron chi connectivity index (χ2n) is 15.9. The molecule has 0 unspecified atom stereocenters. The van der Waals surface area contributed by atoms with E-state index in [0.29, 0.717) is 32.8 Å². The van der Waals surface area contributed by atoms with Gasteiger partial charge in [-0.05, 0) is 0 Å². The molecule has 40 heavy (non-hydrogen) atoms. The van der Waals surface area contributed by atoms with E-state index in [1.165, 1.54) is 51.8 Å². The molecule has 0 bridgehead atoms. The SMILES string of the molecule is CCC[CH2][Sn]([CH2]CCC)([CH2]CCC)[C@@H]1CC(=O)C[C@@H](O[Si](C(C)C)(C(C)C)C(C)C)C[C@H]1O[Si](C)(C)C(C)(C)C. The molecule has 3 atom stereocenters. The third-order valence-electron chi connectivity index (χ3n) is 11.0. The molecule has 6 heteroatoms. The van der Waals surface area contributed by atoms with Gasteiger partial charge in [0.1, 0.15) is 0 Å². The van der Waals surface area contributed by atoms with Gasteiger partial charge in [-0.15, -0.1) is 0 Å². The van der Waals surface area contributed by atoms with Crippen LogP contribution in [-0.4, -0.2) is 53.0 Å². The van der Waals surface area contributed by atoms with Crippen LogP contribution in [-0.2, 0) is 13.6 Å². The van der Waals surface area contributed by atoms with Gasteiger partial charge in [-0.2, -0.15) is 0 Å². The first-order valence-corrected chi connectivity index (χ1v) is 30.1. The molecule has 0 N–H and O–H groups in total. The zero-order chi connectivity index (χ0) is 30.9. The number of carbonyl (C=O) groups is 1. The van der Waals surface area contributed by atoms with Gasteiger partial charge in [0.2, 0.25) is 0 Å². The molecule has 1 rings (SSSR count). The molecule has 1 aliphatic rings. The first kappa shape index (κ1) is 38.8. The Hall–Kier alpha value is 0.822. The average molecular weight is 704 g/mol. The molecule has 0 radical (unpaired) electrons. The van der Waals surface area contributed by atoms with Crippen molar-refractivity contribution in [2.24, 2.45) is 0 Å². The number of hydrogen-bond acceptors (Lipinski definition) is 3. The molecular formula is C34H72O3Si2Sn. The molecule has 0 aliphatic heterocycles. The van der Waals surface area contributed by atoms with E-state index in [-0.39, 0.29) is 17.2 Å². The van der Waals surface area contributed by atoms with Crippen LogP contribution < -0.4 is 0 Å². The monoisotopic (exact) mass is 704 g/mol. The van der Waals surface area contributed by atoms with Gasteiger partial charge in [0, 0.05) is 0 Å². The van der Waals surface area contributed by atoms with Crippen LogP contribution in [0, 0.1) is 0 Å². The van der Waals surface area contributed by atoms with Crippen molar-refractivity contribution in [3.63, 3.8) is 0 Å². The predicted octanol–water partition coefficient (Wildman–Crippen LogP) is 11.9. The van der Waals surface area contributed by atoms with E-state index in [1.54, 1.807) is 0 Å². The van der Waals surface area contributed by atoms with Crippen molar-refractivity contribution in [2.75, 3.05) is 0 Å². The molecule has 238 valence electrons. The molecule has 0 heterocycles. The standard InChI is InChI=1S/C22H45O3Si2.3C4H9.Sn/c1-16(2)27(17(3)4,18(5)6)25-21-14-19(23)12-13-20(15-21)24-26(10,11)22(7,8)9;3*1-3-4-2;/h13,16-18,20-21H,12,14-15H2,1-11H3;3*1,3-4H2,2H3;/t20-,21+;;;;/m0..../s1. The Morgan fingerprint density at radius 1 is 0.775 bits per heavy atom. The number of unbranched alkanes of at least 4 members (excludes halogenated alkanes) is 3. The van der Waals surface area contributed by atoms with E-state index in [4.69, 9.17) is 8.85 Å². The normalized spacial score (nSPS) is 22.0. The Kier molecular flexibility index (Phi) is 16.3.